The van der Waals surface area contributed by atoms with Crippen LogP contribution in [0.4, 0.5) is 0 Å². The monoisotopic (exact) mass is 400 g/mol. The maximum absolute atomic E-state index is 13.1. The zero-order valence-corrected chi connectivity index (χ0v) is 16.9. The molecule has 4 heterocycles. The van der Waals surface area contributed by atoms with Crippen LogP contribution >= 0.6 is 0 Å². The van der Waals surface area contributed by atoms with Gasteiger partial charge in [0.1, 0.15) is 11.3 Å². The summed E-state index contributed by atoms with van der Waals surface area (Å²) in [5.41, 5.74) is 1.54. The minimum absolute atomic E-state index is 0.0852. The van der Waals surface area contributed by atoms with Gasteiger partial charge in [0.15, 0.2) is 0 Å². The fraction of sp³-hybridized carbons (Fsp3) is 0.571. The first-order valence-corrected chi connectivity index (χ1v) is 10.3. The fourth-order valence-corrected chi connectivity index (χ4v) is 4.26. The number of rotatable bonds is 5. The topological polar surface area (TPSA) is 98.4 Å². The van der Waals surface area contributed by atoms with Crippen molar-refractivity contribution in [1.29, 1.82) is 0 Å². The van der Waals surface area contributed by atoms with Crippen LogP contribution in [0.1, 0.15) is 46.3 Å². The van der Waals surface area contributed by atoms with E-state index in [0.29, 0.717) is 25.2 Å². The van der Waals surface area contributed by atoms with Crippen LogP contribution < -0.4 is 16.2 Å². The Labute approximate surface area is 169 Å². The van der Waals surface area contributed by atoms with Crippen molar-refractivity contribution in [2.45, 2.75) is 45.2 Å². The number of aromatic nitrogens is 2. The molecule has 2 aromatic rings. The molecule has 2 aromatic heterocycles. The second-order valence-electron chi connectivity index (χ2n) is 8.08. The molecule has 2 fully saturated rings. The second-order valence-corrected chi connectivity index (χ2v) is 8.08. The van der Waals surface area contributed by atoms with Gasteiger partial charge in [-0.1, -0.05) is 5.16 Å². The zero-order valence-electron chi connectivity index (χ0n) is 16.9. The van der Waals surface area contributed by atoms with Gasteiger partial charge in [0, 0.05) is 30.6 Å². The molecule has 1 amide bonds. The van der Waals surface area contributed by atoms with Crippen molar-refractivity contribution in [2.75, 3.05) is 26.3 Å². The summed E-state index contributed by atoms with van der Waals surface area (Å²) < 4.78 is 12.6. The predicted octanol–water partition coefficient (Wildman–Crippen LogP) is 1.37. The van der Waals surface area contributed by atoms with Crippen LogP contribution in [0.15, 0.2) is 27.6 Å². The van der Waals surface area contributed by atoms with Gasteiger partial charge in [-0.3, -0.25) is 9.59 Å². The molecule has 29 heavy (non-hydrogen) atoms. The summed E-state index contributed by atoms with van der Waals surface area (Å²) in [5, 5.41) is 10.3. The highest BCUT2D eigenvalue weighted by atomic mass is 16.5. The van der Waals surface area contributed by atoms with Gasteiger partial charge in [0.25, 0.3) is 11.5 Å². The number of nitrogens with one attached hydrogen (secondary N) is 2. The molecule has 2 aliphatic heterocycles. The molecule has 2 atom stereocenters. The highest BCUT2D eigenvalue weighted by Gasteiger charge is 2.32. The van der Waals surface area contributed by atoms with Gasteiger partial charge in [-0.2, -0.15) is 0 Å². The summed E-state index contributed by atoms with van der Waals surface area (Å²) in [6.07, 6.45) is 4.23. The van der Waals surface area contributed by atoms with Crippen LogP contribution in [-0.4, -0.2) is 48.0 Å². The van der Waals surface area contributed by atoms with Crippen LogP contribution in [0.5, 0.6) is 0 Å². The molecular formula is C21H28N4O4. The van der Waals surface area contributed by atoms with Gasteiger partial charge in [0.2, 0.25) is 0 Å². The molecule has 2 N–H and O–H groups in total. The average Bonchev–Trinajstić information content (AvgIpc) is 3.31. The quantitative estimate of drug-likeness (QED) is 0.787. The van der Waals surface area contributed by atoms with Crippen molar-refractivity contribution in [2.24, 2.45) is 5.92 Å². The molecular weight excluding hydrogens is 372 g/mol. The number of piperidine rings is 1. The van der Waals surface area contributed by atoms with Crippen LogP contribution in [0.2, 0.25) is 0 Å². The minimum Gasteiger partial charge on any atom is -0.379 e. The fourth-order valence-electron chi connectivity index (χ4n) is 4.26. The Morgan fingerprint density at radius 1 is 1.31 bits per heavy atom. The van der Waals surface area contributed by atoms with Crippen LogP contribution in [-0.2, 0) is 11.2 Å². The summed E-state index contributed by atoms with van der Waals surface area (Å²) >= 11 is 0. The normalized spacial score (nSPS) is 22.7. The van der Waals surface area contributed by atoms with E-state index in [4.69, 9.17) is 9.26 Å². The van der Waals surface area contributed by atoms with Crippen molar-refractivity contribution in [3.63, 3.8) is 0 Å². The highest BCUT2D eigenvalue weighted by molar-refractivity contribution is 5.95. The summed E-state index contributed by atoms with van der Waals surface area (Å²) in [6, 6.07) is 3.72. The molecule has 0 saturated carbocycles. The molecule has 8 heteroatoms. The Kier molecular flexibility index (Phi) is 5.82. The summed E-state index contributed by atoms with van der Waals surface area (Å²) in [5.74, 6) is 0.536. The number of hydrogen-bond acceptors (Lipinski definition) is 6. The van der Waals surface area contributed by atoms with Crippen LogP contribution in [0.25, 0.3) is 0 Å². The lowest BCUT2D eigenvalue weighted by Crippen LogP contribution is -2.44. The average molecular weight is 400 g/mol. The third-order valence-corrected chi connectivity index (χ3v) is 5.91. The van der Waals surface area contributed by atoms with E-state index in [1.54, 1.807) is 4.57 Å². The Hall–Kier alpha value is -2.45. The lowest BCUT2D eigenvalue weighted by atomic mass is 9.97. The second kappa shape index (κ2) is 8.51. The standard InChI is InChI=1S/C21H28N4O4/c1-13-5-8-25(16-3-6-22-7-4-16)21(27)19(13)20(26)23-18-12-28-11-15(18)10-17-9-14(2)24-29-17/h5,8-9,15-16,18,22H,3-4,6-7,10-12H2,1-2H3,(H,23,26)/t15-,18+/m1/s1. The van der Waals surface area contributed by atoms with Gasteiger partial charge < -0.3 is 24.5 Å². The third kappa shape index (κ3) is 4.28. The van der Waals surface area contributed by atoms with Gasteiger partial charge in [-0.15, -0.1) is 0 Å². The van der Waals surface area contributed by atoms with Gasteiger partial charge in [-0.05, 0) is 51.4 Å². The summed E-state index contributed by atoms with van der Waals surface area (Å²) in [7, 11) is 0. The van der Waals surface area contributed by atoms with E-state index in [9.17, 15) is 9.59 Å². The lowest BCUT2D eigenvalue weighted by molar-refractivity contribution is 0.0921. The number of nitrogens with zero attached hydrogens (tertiary/aromatic N) is 2. The van der Waals surface area contributed by atoms with E-state index >= 15 is 0 Å². The Morgan fingerprint density at radius 2 is 2.10 bits per heavy atom. The van der Waals surface area contributed by atoms with Crippen LogP contribution in [0, 0.1) is 19.8 Å². The van der Waals surface area contributed by atoms with Gasteiger partial charge >= 0.3 is 0 Å². The maximum atomic E-state index is 13.1. The van der Waals surface area contributed by atoms with Gasteiger partial charge in [0.05, 0.1) is 24.9 Å². The number of carbonyl (C=O) groups is 1. The number of pyridine rings is 1. The maximum Gasteiger partial charge on any atom is 0.263 e. The van der Waals surface area contributed by atoms with E-state index in [-0.39, 0.29) is 35.0 Å². The molecule has 0 aromatic carbocycles. The molecule has 2 saturated heterocycles. The summed E-state index contributed by atoms with van der Waals surface area (Å²) in [6.45, 7) is 6.42. The smallest absolute Gasteiger partial charge is 0.263 e. The molecule has 2 aliphatic rings. The predicted molar refractivity (Wildman–Crippen MR) is 107 cm³/mol. The van der Waals surface area contributed by atoms with Gasteiger partial charge in [-0.25, -0.2) is 0 Å². The number of hydrogen-bond donors (Lipinski definition) is 2. The van der Waals surface area contributed by atoms with Crippen LogP contribution in [0.3, 0.4) is 0 Å². The Bertz CT molecular complexity index is 929. The van der Waals surface area contributed by atoms with Crippen molar-refractivity contribution < 1.29 is 14.1 Å². The zero-order chi connectivity index (χ0) is 20.4. The molecule has 0 aliphatic carbocycles. The Balaban J connectivity index is 1.51. The number of ether oxygens (including phenoxy) is 1. The van der Waals surface area contributed by atoms with Crippen molar-refractivity contribution in [1.82, 2.24) is 20.4 Å². The van der Waals surface area contributed by atoms with E-state index in [0.717, 1.165) is 37.4 Å². The first kappa shape index (κ1) is 19.8. The van der Waals surface area contributed by atoms with E-state index in [1.165, 1.54) is 0 Å². The lowest BCUT2D eigenvalue weighted by Gasteiger charge is -2.25. The Morgan fingerprint density at radius 3 is 2.83 bits per heavy atom. The number of carbonyl (C=O) groups excluding carboxylic acids is 1. The third-order valence-electron chi connectivity index (χ3n) is 5.91. The molecule has 8 nitrogen and oxygen atoms in total. The molecule has 0 bridgehead atoms. The van der Waals surface area contributed by atoms with Crippen molar-refractivity contribution in [3.8, 4) is 0 Å². The number of amides is 1. The first-order valence-electron chi connectivity index (χ1n) is 10.3. The molecule has 0 unspecified atom stereocenters. The van der Waals surface area contributed by atoms with E-state index in [2.05, 4.69) is 15.8 Å². The molecule has 4 rings (SSSR count). The van der Waals surface area contributed by atoms with E-state index in [1.807, 2.05) is 32.2 Å². The first-order chi connectivity index (χ1) is 14.0. The highest BCUT2D eigenvalue weighted by Crippen LogP contribution is 2.21. The minimum atomic E-state index is -0.329. The van der Waals surface area contributed by atoms with Crippen molar-refractivity contribution >= 4 is 5.91 Å². The number of aryl methyl sites for hydroxylation is 2. The largest absolute Gasteiger partial charge is 0.379 e. The SMILES string of the molecule is Cc1cc(C[C@@H]2COC[C@@H]2NC(=O)c2c(C)ccn(C3CCNCC3)c2=O)on1. The van der Waals surface area contributed by atoms with E-state index < -0.39 is 0 Å². The van der Waals surface area contributed by atoms with Crippen molar-refractivity contribution in [3.05, 3.63) is 51.3 Å². The molecule has 0 spiro atoms. The molecule has 0 radical (unpaired) electrons. The molecule has 156 valence electrons. The summed E-state index contributed by atoms with van der Waals surface area (Å²) in [4.78, 5) is 26.2.